The zero-order chi connectivity index (χ0) is 14.2. The second-order valence-corrected chi connectivity index (χ2v) is 7.00. The molecule has 4 nitrogen and oxygen atoms in total. The lowest BCUT2D eigenvalue weighted by Crippen LogP contribution is -2.56. The van der Waals surface area contributed by atoms with E-state index in [-0.39, 0.29) is 29.4 Å². The van der Waals surface area contributed by atoms with E-state index in [1.165, 1.54) is 16.4 Å². The molecule has 1 saturated heterocycles. The summed E-state index contributed by atoms with van der Waals surface area (Å²) >= 11 is 0. The van der Waals surface area contributed by atoms with Crippen LogP contribution >= 0.6 is 12.4 Å². The molecule has 1 aromatic carbocycles. The minimum absolute atomic E-state index is 0. The molecule has 20 heavy (non-hydrogen) atoms. The van der Waals surface area contributed by atoms with Crippen LogP contribution in [0.2, 0.25) is 0 Å². The van der Waals surface area contributed by atoms with Gasteiger partial charge in [-0.3, -0.25) is 0 Å². The Morgan fingerprint density at radius 2 is 2.00 bits per heavy atom. The number of nitrogens with one attached hydrogen (secondary N) is 1. The number of sulfonamides is 1. The van der Waals surface area contributed by atoms with Crippen LogP contribution in [0.15, 0.2) is 23.1 Å². The third-order valence-electron chi connectivity index (χ3n) is 3.44. The topological polar surface area (TPSA) is 49.4 Å². The third-order valence-corrected chi connectivity index (χ3v) is 5.57. The van der Waals surface area contributed by atoms with Gasteiger partial charge in [-0.05, 0) is 38.5 Å². The van der Waals surface area contributed by atoms with Gasteiger partial charge >= 0.3 is 0 Å². The van der Waals surface area contributed by atoms with Crippen molar-refractivity contribution in [3.05, 3.63) is 29.6 Å². The Bertz CT molecular complexity index is 580. The molecule has 0 saturated carbocycles. The Hall–Kier alpha value is -0.690. The van der Waals surface area contributed by atoms with E-state index >= 15 is 0 Å². The van der Waals surface area contributed by atoms with Crippen molar-refractivity contribution in [2.45, 2.75) is 37.8 Å². The molecule has 2 unspecified atom stereocenters. The largest absolute Gasteiger partial charge is 0.311 e. The van der Waals surface area contributed by atoms with Gasteiger partial charge in [0.05, 0.1) is 4.90 Å². The van der Waals surface area contributed by atoms with Gasteiger partial charge in [-0.15, -0.1) is 12.4 Å². The van der Waals surface area contributed by atoms with Gasteiger partial charge < -0.3 is 5.32 Å². The molecule has 0 aliphatic carbocycles. The summed E-state index contributed by atoms with van der Waals surface area (Å²) in [6, 6.07) is 3.84. The van der Waals surface area contributed by atoms with Gasteiger partial charge in [-0.2, -0.15) is 4.31 Å². The average molecular weight is 323 g/mol. The van der Waals surface area contributed by atoms with E-state index < -0.39 is 15.8 Å². The normalized spacial score (nSPS) is 24.2. The van der Waals surface area contributed by atoms with Crippen molar-refractivity contribution in [2.75, 3.05) is 13.1 Å². The van der Waals surface area contributed by atoms with E-state index in [4.69, 9.17) is 0 Å². The smallest absolute Gasteiger partial charge is 0.243 e. The number of rotatable bonds is 2. The number of hydrogen-bond acceptors (Lipinski definition) is 3. The minimum atomic E-state index is -3.64. The third kappa shape index (κ3) is 3.31. The lowest BCUT2D eigenvalue weighted by atomic mass is 10.2. The van der Waals surface area contributed by atoms with Crippen LogP contribution in [-0.2, 0) is 10.0 Å². The van der Waals surface area contributed by atoms with Crippen molar-refractivity contribution in [3.8, 4) is 0 Å². The summed E-state index contributed by atoms with van der Waals surface area (Å²) in [5.41, 5.74) is 0.569. The molecule has 1 fully saturated rings. The number of aryl methyl sites for hydroxylation is 1. The molecule has 7 heteroatoms. The second kappa shape index (κ2) is 6.39. The van der Waals surface area contributed by atoms with Crippen molar-refractivity contribution >= 4 is 22.4 Å². The maximum absolute atomic E-state index is 13.3. The van der Waals surface area contributed by atoms with E-state index in [2.05, 4.69) is 5.32 Å². The van der Waals surface area contributed by atoms with Gasteiger partial charge in [0.2, 0.25) is 10.0 Å². The lowest BCUT2D eigenvalue weighted by molar-refractivity contribution is 0.244. The number of piperazine rings is 1. The summed E-state index contributed by atoms with van der Waals surface area (Å²) in [6.07, 6.45) is 0. The highest BCUT2D eigenvalue weighted by Crippen LogP contribution is 2.24. The van der Waals surface area contributed by atoms with Gasteiger partial charge in [-0.1, -0.05) is 6.07 Å². The second-order valence-electron chi connectivity index (χ2n) is 5.14. The molecular weight excluding hydrogens is 303 g/mol. The SMILES string of the molecule is Cc1ccc(F)cc1S(=O)(=O)N1CC(C)NCC1C.Cl. The Morgan fingerprint density at radius 3 is 2.65 bits per heavy atom. The molecule has 2 atom stereocenters. The highest BCUT2D eigenvalue weighted by molar-refractivity contribution is 7.89. The summed E-state index contributed by atoms with van der Waals surface area (Å²) in [4.78, 5) is 0.0634. The lowest BCUT2D eigenvalue weighted by Gasteiger charge is -2.36. The minimum Gasteiger partial charge on any atom is -0.311 e. The van der Waals surface area contributed by atoms with Crippen LogP contribution in [0, 0.1) is 12.7 Å². The molecule has 1 N–H and O–H groups in total. The Balaban J connectivity index is 0.00000200. The fourth-order valence-corrected chi connectivity index (χ4v) is 4.26. The molecule has 1 aliphatic heterocycles. The molecule has 1 heterocycles. The van der Waals surface area contributed by atoms with Gasteiger partial charge in [0.15, 0.2) is 0 Å². The summed E-state index contributed by atoms with van der Waals surface area (Å²) < 4.78 is 40.1. The number of nitrogens with zero attached hydrogens (tertiary/aromatic N) is 1. The summed E-state index contributed by atoms with van der Waals surface area (Å²) in [7, 11) is -3.64. The quantitative estimate of drug-likeness (QED) is 0.905. The Morgan fingerprint density at radius 1 is 1.35 bits per heavy atom. The first-order valence-electron chi connectivity index (χ1n) is 6.33. The van der Waals surface area contributed by atoms with Gasteiger partial charge in [-0.25, -0.2) is 12.8 Å². The molecule has 2 rings (SSSR count). The predicted molar refractivity (Wildman–Crippen MR) is 79.2 cm³/mol. The average Bonchev–Trinajstić information content (AvgIpc) is 2.35. The first kappa shape index (κ1) is 17.4. The van der Waals surface area contributed by atoms with E-state index in [9.17, 15) is 12.8 Å². The van der Waals surface area contributed by atoms with Crippen molar-refractivity contribution in [1.29, 1.82) is 0 Å². The molecule has 1 aromatic rings. The van der Waals surface area contributed by atoms with E-state index in [0.717, 1.165) is 6.07 Å². The fourth-order valence-electron chi connectivity index (χ4n) is 2.30. The highest BCUT2D eigenvalue weighted by atomic mass is 35.5. The first-order valence-corrected chi connectivity index (χ1v) is 7.77. The zero-order valence-corrected chi connectivity index (χ0v) is 13.4. The van der Waals surface area contributed by atoms with Crippen molar-refractivity contribution in [1.82, 2.24) is 9.62 Å². The van der Waals surface area contributed by atoms with Crippen LogP contribution in [0.1, 0.15) is 19.4 Å². The molecular formula is C13H20ClFN2O2S. The molecule has 0 amide bonds. The summed E-state index contributed by atoms with van der Waals surface area (Å²) in [5.74, 6) is -0.528. The molecule has 0 aromatic heterocycles. The van der Waals surface area contributed by atoms with Gasteiger partial charge in [0.1, 0.15) is 5.82 Å². The van der Waals surface area contributed by atoms with Crippen LogP contribution < -0.4 is 5.32 Å². The summed E-state index contributed by atoms with van der Waals surface area (Å²) in [5, 5.41) is 3.23. The number of hydrogen-bond donors (Lipinski definition) is 1. The van der Waals surface area contributed by atoms with Crippen LogP contribution in [0.4, 0.5) is 4.39 Å². The van der Waals surface area contributed by atoms with Crippen molar-refractivity contribution in [3.63, 3.8) is 0 Å². The Labute approximate surface area is 125 Å². The zero-order valence-electron chi connectivity index (χ0n) is 11.8. The van der Waals surface area contributed by atoms with Crippen molar-refractivity contribution < 1.29 is 12.8 Å². The maximum Gasteiger partial charge on any atom is 0.243 e. The molecule has 0 spiro atoms. The number of benzene rings is 1. The maximum atomic E-state index is 13.3. The first-order chi connectivity index (χ1) is 8.82. The van der Waals surface area contributed by atoms with Crippen LogP contribution in [0.25, 0.3) is 0 Å². The Kier molecular flexibility index (Phi) is 5.54. The molecule has 114 valence electrons. The molecule has 0 bridgehead atoms. The molecule has 0 radical (unpaired) electrons. The molecule has 1 aliphatic rings. The van der Waals surface area contributed by atoms with Crippen LogP contribution in [-0.4, -0.2) is 37.9 Å². The monoisotopic (exact) mass is 322 g/mol. The van der Waals surface area contributed by atoms with Crippen molar-refractivity contribution in [2.24, 2.45) is 0 Å². The fraction of sp³-hybridized carbons (Fsp3) is 0.538. The van der Waals surface area contributed by atoms with E-state index in [0.29, 0.717) is 18.7 Å². The van der Waals surface area contributed by atoms with Gasteiger partial charge in [0, 0.05) is 25.2 Å². The number of halogens is 2. The van der Waals surface area contributed by atoms with Crippen LogP contribution in [0.3, 0.4) is 0 Å². The van der Waals surface area contributed by atoms with E-state index in [1.54, 1.807) is 6.92 Å². The standard InChI is InChI=1S/C13H19FN2O2S.ClH/c1-9-4-5-12(14)6-13(9)19(17,18)16-8-10(2)15-7-11(16)3;/h4-6,10-11,15H,7-8H2,1-3H3;1H. The highest BCUT2D eigenvalue weighted by Gasteiger charge is 2.34. The van der Waals surface area contributed by atoms with Crippen LogP contribution in [0.5, 0.6) is 0 Å². The predicted octanol–water partition coefficient (Wildman–Crippen LogP) is 1.93. The summed E-state index contributed by atoms with van der Waals surface area (Å²) in [6.45, 7) is 6.48. The van der Waals surface area contributed by atoms with E-state index in [1.807, 2.05) is 13.8 Å². The van der Waals surface area contributed by atoms with Gasteiger partial charge in [0.25, 0.3) is 0 Å².